The van der Waals surface area contributed by atoms with Crippen LogP contribution in [-0.2, 0) is 9.53 Å². The molecule has 0 aromatic carbocycles. The number of halogens is 1. The second-order valence-corrected chi connectivity index (χ2v) is 1.16. The fourth-order valence-corrected chi connectivity index (χ4v) is 0.218. The van der Waals surface area contributed by atoms with Gasteiger partial charge in [0.15, 0.2) is 0 Å². The van der Waals surface area contributed by atoms with E-state index >= 15 is 0 Å². The third-order valence-corrected chi connectivity index (χ3v) is 0.529. The molecule has 2 N–H and O–H groups in total. The van der Waals surface area contributed by atoms with Gasteiger partial charge < -0.3 is 10.5 Å². The molecular weight excluding hydrogens is 154 g/mol. The normalized spacial score (nSPS) is 7.10. The Kier molecular flexibility index (Phi) is 13.7. The third-order valence-electron chi connectivity index (χ3n) is 0.529. The standard InChI is InChI=1S/C5H9NO2.CH3Cl/c1-2-5(7)8-4-3-6;1-2/h2H,1,3-4,6H2;1H3. The molecule has 0 saturated heterocycles. The van der Waals surface area contributed by atoms with Gasteiger partial charge in [-0.1, -0.05) is 6.58 Å². The number of carbonyl (C=O) groups excluding carboxylic acids is 1. The number of ether oxygens (including phenoxy) is 1. The van der Waals surface area contributed by atoms with E-state index in [9.17, 15) is 4.79 Å². The lowest BCUT2D eigenvalue weighted by Gasteiger charge is -1.94. The van der Waals surface area contributed by atoms with Gasteiger partial charge in [0, 0.05) is 19.0 Å². The highest BCUT2D eigenvalue weighted by Gasteiger charge is 1.89. The first-order valence-corrected chi connectivity index (χ1v) is 3.44. The van der Waals surface area contributed by atoms with Crippen LogP contribution in [0.2, 0.25) is 0 Å². The SMILES string of the molecule is C=CC(=O)OCCN.CCl. The number of carbonyl (C=O) groups is 1. The lowest BCUT2D eigenvalue weighted by atomic mass is 10.6. The van der Waals surface area contributed by atoms with Crippen molar-refractivity contribution in [1.82, 2.24) is 0 Å². The Morgan fingerprint density at radius 2 is 2.30 bits per heavy atom. The summed E-state index contributed by atoms with van der Waals surface area (Å²) in [5.41, 5.74) is 5.02. The highest BCUT2D eigenvalue weighted by molar-refractivity contribution is 6.15. The summed E-state index contributed by atoms with van der Waals surface area (Å²) >= 11 is 4.64. The van der Waals surface area contributed by atoms with Crippen LogP contribution in [0, 0.1) is 0 Å². The Balaban J connectivity index is 0. The molecule has 0 aromatic rings. The fourth-order valence-electron chi connectivity index (χ4n) is 0.218. The molecule has 0 aromatic heterocycles. The van der Waals surface area contributed by atoms with E-state index in [-0.39, 0.29) is 6.61 Å². The minimum Gasteiger partial charge on any atom is -0.461 e. The summed E-state index contributed by atoms with van der Waals surface area (Å²) in [5.74, 6) is -0.421. The summed E-state index contributed by atoms with van der Waals surface area (Å²) < 4.78 is 4.46. The highest BCUT2D eigenvalue weighted by atomic mass is 35.5. The molecular formula is C6H12ClNO2. The van der Waals surface area contributed by atoms with E-state index in [1.165, 1.54) is 6.38 Å². The molecule has 0 heterocycles. The van der Waals surface area contributed by atoms with Gasteiger partial charge in [0.05, 0.1) is 0 Å². The second-order valence-electron chi connectivity index (χ2n) is 1.16. The summed E-state index contributed by atoms with van der Waals surface area (Å²) in [5, 5.41) is 0. The fraction of sp³-hybridized carbons (Fsp3) is 0.500. The maximum Gasteiger partial charge on any atom is 0.330 e. The predicted molar refractivity (Wildman–Crippen MR) is 42.0 cm³/mol. The molecule has 10 heavy (non-hydrogen) atoms. The third kappa shape index (κ3) is 10.4. The Bertz CT molecular complexity index is 95.7. The van der Waals surface area contributed by atoms with Crippen molar-refractivity contribution in [3.8, 4) is 0 Å². The van der Waals surface area contributed by atoms with Crippen LogP contribution in [0.5, 0.6) is 0 Å². The molecule has 0 spiro atoms. The predicted octanol–water partition coefficient (Wildman–Crippen LogP) is 0.529. The molecule has 3 nitrogen and oxygen atoms in total. The summed E-state index contributed by atoms with van der Waals surface area (Å²) in [6.07, 6.45) is 2.58. The van der Waals surface area contributed by atoms with Gasteiger partial charge in [-0.25, -0.2) is 4.79 Å². The molecule has 0 radical (unpaired) electrons. The zero-order chi connectivity index (χ0) is 8.41. The zero-order valence-corrected chi connectivity index (χ0v) is 6.73. The van der Waals surface area contributed by atoms with E-state index in [1.54, 1.807) is 0 Å². The average Bonchev–Trinajstić information content (AvgIpc) is 2.04. The largest absolute Gasteiger partial charge is 0.461 e. The molecule has 0 aliphatic rings. The molecule has 0 aliphatic heterocycles. The molecule has 0 fully saturated rings. The number of esters is 1. The highest BCUT2D eigenvalue weighted by Crippen LogP contribution is 1.74. The number of hydrogen-bond acceptors (Lipinski definition) is 3. The van der Waals surface area contributed by atoms with Crippen LogP contribution < -0.4 is 5.73 Å². The molecule has 4 heteroatoms. The van der Waals surface area contributed by atoms with Crippen molar-refractivity contribution >= 4 is 17.6 Å². The van der Waals surface area contributed by atoms with Crippen LogP contribution in [0.1, 0.15) is 0 Å². The molecule has 0 rings (SSSR count). The van der Waals surface area contributed by atoms with Gasteiger partial charge >= 0.3 is 5.97 Å². The quantitative estimate of drug-likeness (QED) is 0.377. The van der Waals surface area contributed by atoms with E-state index in [2.05, 4.69) is 22.9 Å². The van der Waals surface area contributed by atoms with Crippen molar-refractivity contribution in [3.05, 3.63) is 12.7 Å². The molecule has 0 bridgehead atoms. The van der Waals surface area contributed by atoms with Crippen molar-refractivity contribution in [2.24, 2.45) is 5.73 Å². The maximum absolute atomic E-state index is 10.2. The van der Waals surface area contributed by atoms with Gasteiger partial charge in [0.25, 0.3) is 0 Å². The maximum atomic E-state index is 10.2. The number of nitrogens with two attached hydrogens (primary N) is 1. The van der Waals surface area contributed by atoms with Crippen LogP contribution in [0.4, 0.5) is 0 Å². The molecule has 0 unspecified atom stereocenters. The van der Waals surface area contributed by atoms with Gasteiger partial charge in [-0.2, -0.15) is 0 Å². The Morgan fingerprint density at radius 3 is 2.60 bits per heavy atom. The molecule has 60 valence electrons. The molecule has 0 atom stereocenters. The van der Waals surface area contributed by atoms with Gasteiger partial charge in [-0.3, -0.25) is 0 Å². The minimum absolute atomic E-state index is 0.269. The van der Waals surface area contributed by atoms with Crippen molar-refractivity contribution in [2.45, 2.75) is 0 Å². The average molecular weight is 166 g/mol. The summed E-state index contributed by atoms with van der Waals surface area (Å²) in [4.78, 5) is 10.2. The van der Waals surface area contributed by atoms with Crippen LogP contribution in [0.3, 0.4) is 0 Å². The second kappa shape index (κ2) is 11.3. The zero-order valence-electron chi connectivity index (χ0n) is 5.97. The molecule has 0 saturated carbocycles. The van der Waals surface area contributed by atoms with E-state index in [4.69, 9.17) is 5.73 Å². The van der Waals surface area contributed by atoms with Gasteiger partial charge in [-0.05, 0) is 0 Å². The van der Waals surface area contributed by atoms with Gasteiger partial charge in [-0.15, -0.1) is 11.6 Å². The van der Waals surface area contributed by atoms with Crippen molar-refractivity contribution < 1.29 is 9.53 Å². The smallest absolute Gasteiger partial charge is 0.330 e. The first kappa shape index (κ1) is 12.2. The van der Waals surface area contributed by atoms with E-state index in [1.807, 2.05) is 0 Å². The van der Waals surface area contributed by atoms with E-state index < -0.39 is 5.97 Å². The summed E-state index contributed by atoms with van der Waals surface area (Å²) in [6.45, 7) is 3.83. The van der Waals surface area contributed by atoms with Crippen molar-refractivity contribution in [1.29, 1.82) is 0 Å². The number of hydrogen-bond donors (Lipinski definition) is 1. The van der Waals surface area contributed by atoms with Crippen LogP contribution in [0.25, 0.3) is 0 Å². The topological polar surface area (TPSA) is 52.3 Å². The first-order chi connectivity index (χ1) is 4.81. The van der Waals surface area contributed by atoms with Crippen molar-refractivity contribution in [2.75, 3.05) is 19.5 Å². The number of alkyl halides is 1. The molecule has 0 aliphatic carbocycles. The number of rotatable bonds is 3. The minimum atomic E-state index is -0.421. The first-order valence-electron chi connectivity index (χ1n) is 2.68. The van der Waals surface area contributed by atoms with Crippen LogP contribution in [0.15, 0.2) is 12.7 Å². The Labute approximate surface area is 65.8 Å². The molecule has 0 amide bonds. The van der Waals surface area contributed by atoms with Gasteiger partial charge in [0.2, 0.25) is 0 Å². The summed E-state index contributed by atoms with van der Waals surface area (Å²) in [6, 6.07) is 0. The Hall–Kier alpha value is -0.540. The lowest BCUT2D eigenvalue weighted by molar-refractivity contribution is -0.137. The van der Waals surface area contributed by atoms with Gasteiger partial charge in [0.1, 0.15) is 6.61 Å². The van der Waals surface area contributed by atoms with E-state index in [0.717, 1.165) is 6.08 Å². The monoisotopic (exact) mass is 165 g/mol. The van der Waals surface area contributed by atoms with Crippen LogP contribution in [-0.4, -0.2) is 25.5 Å². The van der Waals surface area contributed by atoms with Crippen LogP contribution >= 0.6 is 11.6 Å². The van der Waals surface area contributed by atoms with E-state index in [0.29, 0.717) is 6.54 Å². The Morgan fingerprint density at radius 1 is 1.80 bits per heavy atom. The lowest BCUT2D eigenvalue weighted by Crippen LogP contribution is -2.11. The summed E-state index contributed by atoms with van der Waals surface area (Å²) in [7, 11) is 0. The van der Waals surface area contributed by atoms with Crippen molar-refractivity contribution in [3.63, 3.8) is 0 Å².